The molecule has 7 heteroatoms. The molecule has 0 atom stereocenters. The Bertz CT molecular complexity index is 604. The van der Waals surface area contributed by atoms with E-state index in [4.69, 9.17) is 9.47 Å². The predicted molar refractivity (Wildman–Crippen MR) is 103 cm³/mol. The molecule has 0 spiro atoms. The van der Waals surface area contributed by atoms with Gasteiger partial charge in [0.25, 0.3) is 0 Å². The van der Waals surface area contributed by atoms with Crippen molar-refractivity contribution >= 4 is 23.8 Å². The molecule has 0 radical (unpaired) electrons. The van der Waals surface area contributed by atoms with Gasteiger partial charge in [0.15, 0.2) is 5.82 Å². The number of hydrogen-bond donors (Lipinski definition) is 0. The van der Waals surface area contributed by atoms with E-state index in [1.807, 2.05) is 18.0 Å². The van der Waals surface area contributed by atoms with E-state index in [0.29, 0.717) is 5.82 Å². The number of carbonyl (C=O) groups excluding carboxylic acids is 2. The smallest absolute Gasteiger partial charge is 0.425 e. The Morgan fingerprint density at radius 2 is 1.42 bits per heavy atom. The van der Waals surface area contributed by atoms with Crippen molar-refractivity contribution in [2.75, 3.05) is 23.4 Å². The van der Waals surface area contributed by atoms with E-state index in [-0.39, 0.29) is 5.82 Å². The first kappa shape index (κ1) is 21.7. The summed E-state index contributed by atoms with van der Waals surface area (Å²) in [7, 11) is 1.90. The summed E-state index contributed by atoms with van der Waals surface area (Å²) < 4.78 is 10.7. The second-order valence-electron chi connectivity index (χ2n) is 8.07. The minimum atomic E-state index is -0.824. The molecule has 0 bridgehead atoms. The van der Waals surface area contributed by atoms with Crippen LogP contribution in [-0.2, 0) is 9.47 Å². The van der Waals surface area contributed by atoms with Gasteiger partial charge in [-0.15, -0.1) is 0 Å². The molecule has 1 rings (SSSR count). The van der Waals surface area contributed by atoms with Crippen LogP contribution in [-0.4, -0.2) is 42.0 Å². The van der Waals surface area contributed by atoms with Crippen molar-refractivity contribution in [2.24, 2.45) is 0 Å². The number of carbonyl (C=O) groups is 2. The van der Waals surface area contributed by atoms with E-state index in [1.54, 1.807) is 53.7 Å². The third-order valence-electron chi connectivity index (χ3n) is 3.05. The lowest BCUT2D eigenvalue weighted by atomic mass is 10.2. The molecule has 0 N–H and O–H groups in total. The lowest BCUT2D eigenvalue weighted by molar-refractivity contribution is 0.0429. The number of imide groups is 1. The zero-order valence-electron chi connectivity index (χ0n) is 17.1. The molecule has 0 saturated carbocycles. The first-order valence-corrected chi connectivity index (χ1v) is 8.78. The number of rotatable bonds is 4. The van der Waals surface area contributed by atoms with Crippen LogP contribution in [0.25, 0.3) is 0 Å². The molecule has 0 aliphatic carbocycles. The Morgan fingerprint density at radius 3 is 1.85 bits per heavy atom. The Morgan fingerprint density at radius 1 is 0.962 bits per heavy atom. The van der Waals surface area contributed by atoms with Crippen LogP contribution in [0.2, 0.25) is 0 Å². The van der Waals surface area contributed by atoms with Gasteiger partial charge in [0.05, 0.1) is 0 Å². The van der Waals surface area contributed by atoms with E-state index in [9.17, 15) is 9.59 Å². The molecular weight excluding hydrogens is 334 g/mol. The summed E-state index contributed by atoms with van der Waals surface area (Å²) in [5.41, 5.74) is -1.51. The van der Waals surface area contributed by atoms with Gasteiger partial charge in [0.1, 0.15) is 17.0 Å². The van der Waals surface area contributed by atoms with Gasteiger partial charge in [-0.2, -0.15) is 4.90 Å². The van der Waals surface area contributed by atoms with Crippen molar-refractivity contribution in [3.05, 3.63) is 18.2 Å². The van der Waals surface area contributed by atoms with Crippen LogP contribution in [0.1, 0.15) is 54.9 Å². The maximum absolute atomic E-state index is 12.6. The number of ether oxygens (including phenoxy) is 2. The summed E-state index contributed by atoms with van der Waals surface area (Å²) in [5.74, 6) is 0.815. The minimum absolute atomic E-state index is 0.161. The fraction of sp³-hybridized carbons (Fsp3) is 0.632. The van der Waals surface area contributed by atoms with Crippen molar-refractivity contribution in [1.29, 1.82) is 0 Å². The van der Waals surface area contributed by atoms with Crippen molar-refractivity contribution in [2.45, 2.75) is 66.1 Å². The molecule has 0 fully saturated rings. The van der Waals surface area contributed by atoms with Crippen LogP contribution in [0.15, 0.2) is 18.2 Å². The standard InChI is InChI=1S/C19H31N3O4/c1-9-13-21(8)14-11-10-12-15(20-14)22(16(23)25-18(2,3)4)17(24)26-19(5,6)7/h10-12H,9,13H2,1-8H3. The van der Waals surface area contributed by atoms with Gasteiger partial charge in [-0.3, -0.25) is 0 Å². The van der Waals surface area contributed by atoms with Gasteiger partial charge in [-0.05, 0) is 60.1 Å². The second kappa shape index (κ2) is 8.38. The number of hydrogen-bond acceptors (Lipinski definition) is 6. The third-order valence-corrected chi connectivity index (χ3v) is 3.05. The van der Waals surface area contributed by atoms with Crippen molar-refractivity contribution in [3.8, 4) is 0 Å². The quantitative estimate of drug-likeness (QED) is 0.776. The molecule has 1 heterocycles. The SMILES string of the molecule is CCCN(C)c1cccc(N(C(=O)OC(C)(C)C)C(=O)OC(C)(C)C)n1. The fourth-order valence-electron chi connectivity index (χ4n) is 2.08. The molecule has 1 aromatic heterocycles. The molecule has 0 aromatic carbocycles. The highest BCUT2D eigenvalue weighted by molar-refractivity contribution is 6.08. The number of aromatic nitrogens is 1. The Balaban J connectivity index is 3.25. The first-order chi connectivity index (χ1) is 11.8. The van der Waals surface area contributed by atoms with Crippen LogP contribution < -0.4 is 9.80 Å². The van der Waals surface area contributed by atoms with E-state index in [2.05, 4.69) is 11.9 Å². The summed E-state index contributed by atoms with van der Waals surface area (Å²) in [6.45, 7) is 13.3. The van der Waals surface area contributed by atoms with E-state index in [1.165, 1.54) is 0 Å². The molecule has 26 heavy (non-hydrogen) atoms. The molecule has 0 aliphatic rings. The number of pyridine rings is 1. The largest absolute Gasteiger partial charge is 0.443 e. The molecule has 2 amide bonds. The number of amides is 2. The summed E-state index contributed by atoms with van der Waals surface area (Å²) in [6, 6.07) is 5.14. The normalized spacial score (nSPS) is 11.7. The zero-order valence-corrected chi connectivity index (χ0v) is 17.1. The Hall–Kier alpha value is -2.31. The van der Waals surface area contributed by atoms with Crippen molar-refractivity contribution in [1.82, 2.24) is 4.98 Å². The lowest BCUT2D eigenvalue weighted by Crippen LogP contribution is -2.44. The topological polar surface area (TPSA) is 72.0 Å². The average Bonchev–Trinajstić information content (AvgIpc) is 2.44. The summed E-state index contributed by atoms with van der Waals surface area (Å²) in [4.78, 5) is 32.5. The zero-order chi connectivity index (χ0) is 20.1. The molecule has 1 aromatic rings. The van der Waals surface area contributed by atoms with E-state index >= 15 is 0 Å². The summed E-state index contributed by atoms with van der Waals surface area (Å²) in [6.07, 6.45) is -0.700. The fourth-order valence-corrected chi connectivity index (χ4v) is 2.08. The number of anilines is 2. The van der Waals surface area contributed by atoms with Crippen LogP contribution in [0.3, 0.4) is 0 Å². The summed E-state index contributed by atoms with van der Waals surface area (Å²) in [5, 5.41) is 0. The van der Waals surface area contributed by atoms with Crippen LogP contribution in [0, 0.1) is 0 Å². The molecule has 0 unspecified atom stereocenters. The monoisotopic (exact) mass is 365 g/mol. The van der Waals surface area contributed by atoms with Crippen LogP contribution in [0.4, 0.5) is 21.2 Å². The maximum atomic E-state index is 12.6. The van der Waals surface area contributed by atoms with Gasteiger partial charge >= 0.3 is 12.2 Å². The van der Waals surface area contributed by atoms with Gasteiger partial charge in [-0.1, -0.05) is 13.0 Å². The second-order valence-corrected chi connectivity index (χ2v) is 8.07. The highest BCUT2D eigenvalue weighted by Gasteiger charge is 2.33. The molecular formula is C19H31N3O4. The Kier molecular flexibility index (Phi) is 7.00. The minimum Gasteiger partial charge on any atom is -0.443 e. The highest BCUT2D eigenvalue weighted by atomic mass is 16.6. The molecule has 0 saturated heterocycles. The maximum Gasteiger partial charge on any atom is 0.425 e. The van der Waals surface area contributed by atoms with E-state index < -0.39 is 23.4 Å². The van der Waals surface area contributed by atoms with Crippen molar-refractivity contribution in [3.63, 3.8) is 0 Å². The highest BCUT2D eigenvalue weighted by Crippen LogP contribution is 2.22. The molecule has 0 aliphatic heterocycles. The van der Waals surface area contributed by atoms with Crippen LogP contribution >= 0.6 is 0 Å². The first-order valence-electron chi connectivity index (χ1n) is 8.78. The lowest BCUT2D eigenvalue weighted by Gasteiger charge is -2.28. The summed E-state index contributed by atoms with van der Waals surface area (Å²) >= 11 is 0. The molecule has 146 valence electrons. The Labute approximate surface area is 156 Å². The van der Waals surface area contributed by atoms with Gasteiger partial charge in [0, 0.05) is 13.6 Å². The van der Waals surface area contributed by atoms with E-state index in [0.717, 1.165) is 17.9 Å². The third kappa shape index (κ3) is 6.90. The van der Waals surface area contributed by atoms with Crippen molar-refractivity contribution < 1.29 is 19.1 Å². The van der Waals surface area contributed by atoms with Gasteiger partial charge in [0.2, 0.25) is 0 Å². The number of nitrogens with zero attached hydrogens (tertiary/aromatic N) is 3. The average molecular weight is 365 g/mol. The molecule has 7 nitrogen and oxygen atoms in total. The van der Waals surface area contributed by atoms with Gasteiger partial charge < -0.3 is 14.4 Å². The van der Waals surface area contributed by atoms with Crippen LogP contribution in [0.5, 0.6) is 0 Å². The predicted octanol–water partition coefficient (Wildman–Crippen LogP) is 4.60. The van der Waals surface area contributed by atoms with Gasteiger partial charge in [-0.25, -0.2) is 14.6 Å².